The van der Waals surface area contributed by atoms with Crippen molar-refractivity contribution in [2.45, 2.75) is 31.0 Å². The Morgan fingerprint density at radius 1 is 1.42 bits per heavy atom. The third-order valence-corrected chi connectivity index (χ3v) is 3.85. The molecule has 19 heavy (non-hydrogen) atoms. The highest BCUT2D eigenvalue weighted by molar-refractivity contribution is 9.10. The number of aliphatic hydroxyl groups excluding tert-OH is 1. The summed E-state index contributed by atoms with van der Waals surface area (Å²) < 4.78 is 6.44. The number of rotatable bonds is 7. The second kappa shape index (κ2) is 6.70. The standard InChI is InChI=1S/C14H20BrNO3/c15-11-3-1-4-13(7-11)19-9-12(17)8-16-10-14(18)5-2-6-14/h1,3-4,7,12,16-18H,2,5-6,8-10H2. The Morgan fingerprint density at radius 2 is 2.21 bits per heavy atom. The van der Waals surface area contributed by atoms with Gasteiger partial charge < -0.3 is 20.3 Å². The smallest absolute Gasteiger partial charge is 0.120 e. The van der Waals surface area contributed by atoms with Gasteiger partial charge in [-0.15, -0.1) is 0 Å². The van der Waals surface area contributed by atoms with Gasteiger partial charge in [-0.25, -0.2) is 0 Å². The number of hydrogen-bond acceptors (Lipinski definition) is 4. The summed E-state index contributed by atoms with van der Waals surface area (Å²) in [5.74, 6) is 0.728. The lowest BCUT2D eigenvalue weighted by atomic mass is 9.80. The van der Waals surface area contributed by atoms with E-state index < -0.39 is 11.7 Å². The Balaban J connectivity index is 1.63. The molecule has 1 aromatic carbocycles. The van der Waals surface area contributed by atoms with Gasteiger partial charge in [0.05, 0.1) is 5.60 Å². The van der Waals surface area contributed by atoms with Crippen molar-refractivity contribution in [3.63, 3.8) is 0 Å². The Morgan fingerprint density at radius 3 is 2.84 bits per heavy atom. The van der Waals surface area contributed by atoms with Gasteiger partial charge in [0.1, 0.15) is 18.5 Å². The van der Waals surface area contributed by atoms with E-state index in [0.29, 0.717) is 13.1 Å². The minimum atomic E-state index is -0.581. The van der Waals surface area contributed by atoms with E-state index in [2.05, 4.69) is 21.2 Å². The van der Waals surface area contributed by atoms with Crippen molar-refractivity contribution < 1.29 is 14.9 Å². The molecule has 0 heterocycles. The van der Waals surface area contributed by atoms with E-state index in [1.165, 1.54) is 0 Å². The second-order valence-electron chi connectivity index (χ2n) is 5.13. The summed E-state index contributed by atoms with van der Waals surface area (Å²) in [7, 11) is 0. The molecule has 0 amide bonds. The van der Waals surface area contributed by atoms with Gasteiger partial charge in [-0.3, -0.25) is 0 Å². The van der Waals surface area contributed by atoms with Crippen LogP contribution < -0.4 is 10.1 Å². The molecular formula is C14H20BrNO3. The fraction of sp³-hybridized carbons (Fsp3) is 0.571. The molecule has 1 unspecified atom stereocenters. The van der Waals surface area contributed by atoms with Crippen molar-refractivity contribution in [3.05, 3.63) is 28.7 Å². The molecule has 1 atom stereocenters. The highest BCUT2D eigenvalue weighted by Gasteiger charge is 2.33. The molecule has 1 aliphatic rings. The van der Waals surface area contributed by atoms with E-state index in [-0.39, 0.29) is 6.61 Å². The third kappa shape index (κ3) is 4.76. The molecule has 2 rings (SSSR count). The molecule has 1 fully saturated rings. The van der Waals surface area contributed by atoms with Crippen LogP contribution in [0.25, 0.3) is 0 Å². The van der Waals surface area contributed by atoms with E-state index in [1.54, 1.807) is 0 Å². The minimum absolute atomic E-state index is 0.238. The number of nitrogens with one attached hydrogen (secondary N) is 1. The Bertz CT molecular complexity index is 409. The molecule has 0 saturated heterocycles. The summed E-state index contributed by atoms with van der Waals surface area (Å²) in [6.07, 6.45) is 2.21. The SMILES string of the molecule is OC(CNCC1(O)CCC1)COc1cccc(Br)c1. The predicted molar refractivity (Wildman–Crippen MR) is 77.3 cm³/mol. The highest BCUT2D eigenvalue weighted by atomic mass is 79.9. The van der Waals surface area contributed by atoms with Gasteiger partial charge >= 0.3 is 0 Å². The zero-order valence-electron chi connectivity index (χ0n) is 10.8. The Kier molecular flexibility index (Phi) is 5.21. The molecule has 5 heteroatoms. The van der Waals surface area contributed by atoms with E-state index >= 15 is 0 Å². The van der Waals surface area contributed by atoms with Crippen LogP contribution in [0.3, 0.4) is 0 Å². The summed E-state index contributed by atoms with van der Waals surface area (Å²) in [5.41, 5.74) is -0.551. The van der Waals surface area contributed by atoms with Gasteiger partial charge in [0.15, 0.2) is 0 Å². The largest absolute Gasteiger partial charge is 0.491 e. The molecule has 4 nitrogen and oxygen atoms in total. The topological polar surface area (TPSA) is 61.7 Å². The normalized spacial score (nSPS) is 18.7. The van der Waals surface area contributed by atoms with Gasteiger partial charge in [0, 0.05) is 17.6 Å². The monoisotopic (exact) mass is 329 g/mol. The van der Waals surface area contributed by atoms with Gasteiger partial charge in [-0.2, -0.15) is 0 Å². The molecule has 0 bridgehead atoms. The molecule has 0 aromatic heterocycles. The van der Waals surface area contributed by atoms with E-state index in [0.717, 1.165) is 29.5 Å². The van der Waals surface area contributed by atoms with Crippen LogP contribution in [0.15, 0.2) is 28.7 Å². The average molecular weight is 330 g/mol. The van der Waals surface area contributed by atoms with Crippen molar-refractivity contribution >= 4 is 15.9 Å². The first-order valence-electron chi connectivity index (χ1n) is 6.57. The van der Waals surface area contributed by atoms with Crippen molar-refractivity contribution in [2.75, 3.05) is 19.7 Å². The first kappa shape index (κ1) is 14.8. The summed E-state index contributed by atoms with van der Waals surface area (Å²) in [5, 5.41) is 22.8. The van der Waals surface area contributed by atoms with Crippen molar-refractivity contribution in [1.29, 1.82) is 0 Å². The maximum atomic E-state index is 9.88. The number of halogens is 1. The lowest BCUT2D eigenvalue weighted by molar-refractivity contribution is -0.0334. The molecular weight excluding hydrogens is 310 g/mol. The van der Waals surface area contributed by atoms with E-state index in [1.807, 2.05) is 24.3 Å². The summed E-state index contributed by atoms with van der Waals surface area (Å²) in [4.78, 5) is 0. The van der Waals surface area contributed by atoms with Gasteiger partial charge in [-0.05, 0) is 37.5 Å². The molecule has 0 spiro atoms. The fourth-order valence-corrected chi connectivity index (χ4v) is 2.42. The van der Waals surface area contributed by atoms with Gasteiger partial charge in [0.25, 0.3) is 0 Å². The zero-order chi connectivity index (χ0) is 13.7. The first-order valence-corrected chi connectivity index (χ1v) is 7.36. The molecule has 1 aromatic rings. The van der Waals surface area contributed by atoms with Crippen LogP contribution in [-0.2, 0) is 0 Å². The fourth-order valence-electron chi connectivity index (χ4n) is 2.04. The maximum absolute atomic E-state index is 9.88. The quantitative estimate of drug-likeness (QED) is 0.712. The van der Waals surface area contributed by atoms with Crippen LogP contribution >= 0.6 is 15.9 Å². The number of benzene rings is 1. The second-order valence-corrected chi connectivity index (χ2v) is 6.05. The van der Waals surface area contributed by atoms with Crippen LogP contribution in [0.4, 0.5) is 0 Å². The maximum Gasteiger partial charge on any atom is 0.120 e. The van der Waals surface area contributed by atoms with Gasteiger partial charge in [0.2, 0.25) is 0 Å². The van der Waals surface area contributed by atoms with E-state index in [4.69, 9.17) is 4.74 Å². The average Bonchev–Trinajstić information content (AvgIpc) is 2.34. The van der Waals surface area contributed by atoms with E-state index in [9.17, 15) is 10.2 Å². The molecule has 3 N–H and O–H groups in total. The number of hydrogen-bond donors (Lipinski definition) is 3. The van der Waals surface area contributed by atoms with Crippen LogP contribution in [0.1, 0.15) is 19.3 Å². The molecule has 106 valence electrons. The lowest BCUT2D eigenvalue weighted by Gasteiger charge is -2.36. The molecule has 1 aliphatic carbocycles. The lowest BCUT2D eigenvalue weighted by Crippen LogP contribution is -2.48. The Labute approximate surface area is 121 Å². The zero-order valence-corrected chi connectivity index (χ0v) is 12.4. The minimum Gasteiger partial charge on any atom is -0.491 e. The molecule has 1 saturated carbocycles. The first-order chi connectivity index (χ1) is 9.07. The predicted octanol–water partition coefficient (Wildman–Crippen LogP) is 1.69. The van der Waals surface area contributed by atoms with Crippen LogP contribution in [0, 0.1) is 0 Å². The van der Waals surface area contributed by atoms with Crippen molar-refractivity contribution in [1.82, 2.24) is 5.32 Å². The van der Waals surface area contributed by atoms with Crippen LogP contribution in [0.5, 0.6) is 5.75 Å². The highest BCUT2D eigenvalue weighted by Crippen LogP contribution is 2.30. The Hall–Kier alpha value is -0.620. The molecule has 0 radical (unpaired) electrons. The molecule has 0 aliphatic heterocycles. The summed E-state index contributed by atoms with van der Waals surface area (Å²) in [6.45, 7) is 1.21. The summed E-state index contributed by atoms with van der Waals surface area (Å²) in [6, 6.07) is 7.51. The van der Waals surface area contributed by atoms with Gasteiger partial charge in [-0.1, -0.05) is 22.0 Å². The number of aliphatic hydroxyl groups is 2. The van der Waals surface area contributed by atoms with Crippen molar-refractivity contribution in [3.8, 4) is 5.75 Å². The summed E-state index contributed by atoms with van der Waals surface area (Å²) >= 11 is 3.36. The third-order valence-electron chi connectivity index (χ3n) is 3.36. The van der Waals surface area contributed by atoms with Crippen LogP contribution in [-0.4, -0.2) is 41.6 Å². The van der Waals surface area contributed by atoms with Crippen molar-refractivity contribution in [2.24, 2.45) is 0 Å². The number of ether oxygens (including phenoxy) is 1. The van der Waals surface area contributed by atoms with Crippen LogP contribution in [0.2, 0.25) is 0 Å².